The summed E-state index contributed by atoms with van der Waals surface area (Å²) >= 11 is 17.7. The monoisotopic (exact) mass is 331 g/mol. The van der Waals surface area contributed by atoms with E-state index in [9.17, 15) is 0 Å². The highest BCUT2D eigenvalue weighted by atomic mass is 35.6. The van der Waals surface area contributed by atoms with E-state index in [-0.39, 0.29) is 6.04 Å². The Bertz CT molecular complexity index is 600. The van der Waals surface area contributed by atoms with Crippen LogP contribution < -0.4 is 5.32 Å². The first-order valence-corrected chi connectivity index (χ1v) is 7.50. The van der Waals surface area contributed by atoms with Crippen molar-refractivity contribution < 1.29 is 4.42 Å². The van der Waals surface area contributed by atoms with Gasteiger partial charge in [-0.3, -0.25) is 0 Å². The van der Waals surface area contributed by atoms with E-state index in [2.05, 4.69) is 11.9 Å². The molecule has 108 valence electrons. The maximum Gasteiger partial charge on any atom is 0.192 e. The molecule has 0 radical (unpaired) electrons. The number of fused-ring (bicyclic) bond motifs is 1. The molecule has 5 heteroatoms. The largest absolute Gasteiger partial charge is 0.464 e. The summed E-state index contributed by atoms with van der Waals surface area (Å²) in [6.07, 6.45) is 2.03. The van der Waals surface area contributed by atoms with Crippen LogP contribution in [0.5, 0.6) is 0 Å². The van der Waals surface area contributed by atoms with Gasteiger partial charge in [-0.1, -0.05) is 60.4 Å². The van der Waals surface area contributed by atoms with Gasteiger partial charge in [-0.25, -0.2) is 0 Å². The predicted molar refractivity (Wildman–Crippen MR) is 87.6 cm³/mol. The van der Waals surface area contributed by atoms with Crippen LogP contribution in [0.4, 0.5) is 0 Å². The quantitative estimate of drug-likeness (QED) is 0.763. The van der Waals surface area contributed by atoms with Crippen molar-refractivity contribution in [3.8, 4) is 0 Å². The molecule has 0 saturated heterocycles. The molecule has 0 spiro atoms. The molecule has 1 unspecified atom stereocenters. The smallest absolute Gasteiger partial charge is 0.192 e. The number of hydrogen-bond donors (Lipinski definition) is 1. The predicted octanol–water partition coefficient (Wildman–Crippen LogP) is 5.18. The number of likely N-dealkylation sites (N-methyl/N-ethyl adjacent to an activating group) is 1. The third-order valence-electron chi connectivity index (χ3n) is 3.13. The highest BCUT2D eigenvalue weighted by molar-refractivity contribution is 6.67. The maximum absolute atomic E-state index is 5.90. The van der Waals surface area contributed by atoms with Gasteiger partial charge in [0.25, 0.3) is 0 Å². The van der Waals surface area contributed by atoms with Gasteiger partial charge in [0.05, 0.1) is 6.26 Å². The van der Waals surface area contributed by atoms with Crippen LogP contribution in [0.1, 0.15) is 18.9 Å². The average Bonchev–Trinajstić information content (AvgIpc) is 2.83. The van der Waals surface area contributed by atoms with Crippen molar-refractivity contribution in [3.05, 3.63) is 42.7 Å². The topological polar surface area (TPSA) is 25.2 Å². The Morgan fingerprint density at radius 1 is 1.35 bits per heavy atom. The summed E-state index contributed by atoms with van der Waals surface area (Å²) in [5.74, 6) is 0. The molecule has 20 heavy (non-hydrogen) atoms. The van der Waals surface area contributed by atoms with E-state index >= 15 is 0 Å². The molecule has 1 N–H and O–H groups in total. The number of halogens is 3. The Balaban J connectivity index is 2.25. The summed E-state index contributed by atoms with van der Waals surface area (Å²) in [5, 5.41) is 4.35. The molecule has 2 nitrogen and oxygen atoms in total. The van der Waals surface area contributed by atoms with Gasteiger partial charge < -0.3 is 9.73 Å². The summed E-state index contributed by atoms with van der Waals surface area (Å²) in [5.41, 5.74) is 2.69. The van der Waals surface area contributed by atoms with E-state index in [1.54, 1.807) is 6.26 Å². The van der Waals surface area contributed by atoms with E-state index in [1.807, 2.05) is 31.2 Å². The second kappa shape index (κ2) is 6.40. The highest BCUT2D eigenvalue weighted by Gasteiger charge is 2.27. The molecule has 0 fully saturated rings. The van der Waals surface area contributed by atoms with Crippen LogP contribution in [0.25, 0.3) is 16.5 Å². The summed E-state index contributed by atoms with van der Waals surface area (Å²) in [4.78, 5) is 0. The SMILES string of the molecule is C=C(c1ccc2ccoc2c1)C(CC(Cl)(Cl)Cl)NCC. The fourth-order valence-corrected chi connectivity index (χ4v) is 2.62. The Labute approximate surface area is 133 Å². The molecule has 0 bridgehead atoms. The first kappa shape index (κ1) is 15.7. The molecule has 1 aromatic heterocycles. The van der Waals surface area contributed by atoms with Gasteiger partial charge in [0, 0.05) is 17.8 Å². The van der Waals surface area contributed by atoms with Crippen molar-refractivity contribution in [1.29, 1.82) is 0 Å². The van der Waals surface area contributed by atoms with Gasteiger partial charge in [-0.2, -0.15) is 0 Å². The van der Waals surface area contributed by atoms with E-state index < -0.39 is 3.79 Å². The van der Waals surface area contributed by atoms with Crippen molar-refractivity contribution in [1.82, 2.24) is 5.32 Å². The normalized spacial score (nSPS) is 13.6. The lowest BCUT2D eigenvalue weighted by molar-refractivity contribution is 0.593. The fourth-order valence-electron chi connectivity index (χ4n) is 2.15. The van der Waals surface area contributed by atoms with Crippen molar-refractivity contribution in [2.45, 2.75) is 23.2 Å². The van der Waals surface area contributed by atoms with E-state index in [0.717, 1.165) is 28.7 Å². The van der Waals surface area contributed by atoms with Gasteiger partial charge in [-0.15, -0.1) is 0 Å². The molecule has 1 heterocycles. The van der Waals surface area contributed by atoms with E-state index in [0.29, 0.717) is 6.42 Å². The maximum atomic E-state index is 5.90. The lowest BCUT2D eigenvalue weighted by Gasteiger charge is -2.24. The standard InChI is InChI=1S/C15H16Cl3NO/c1-3-19-13(9-15(16,17)18)10(2)12-5-4-11-6-7-20-14(11)8-12/h4-8,13,19H,2-3,9H2,1H3. The number of benzene rings is 1. The molecular formula is C15H16Cl3NO. The van der Waals surface area contributed by atoms with E-state index in [4.69, 9.17) is 39.2 Å². The molecule has 2 aromatic rings. The molecule has 0 saturated carbocycles. The van der Waals surface area contributed by atoms with Crippen LogP contribution in [0.2, 0.25) is 0 Å². The Morgan fingerprint density at radius 3 is 2.75 bits per heavy atom. The van der Waals surface area contributed by atoms with Crippen molar-refractivity contribution in [2.75, 3.05) is 6.54 Å². The van der Waals surface area contributed by atoms with Crippen molar-refractivity contribution >= 4 is 51.3 Å². The number of alkyl halides is 3. The van der Waals surface area contributed by atoms with Crippen molar-refractivity contribution in [2.24, 2.45) is 0 Å². The third-order valence-corrected chi connectivity index (χ3v) is 3.60. The van der Waals surface area contributed by atoms with Gasteiger partial charge >= 0.3 is 0 Å². The minimum absolute atomic E-state index is 0.0973. The van der Waals surface area contributed by atoms with Crippen LogP contribution in [-0.2, 0) is 0 Å². The molecule has 1 atom stereocenters. The fraction of sp³-hybridized carbons (Fsp3) is 0.333. The number of rotatable bonds is 5. The minimum Gasteiger partial charge on any atom is -0.464 e. The molecule has 2 rings (SSSR count). The zero-order chi connectivity index (χ0) is 14.8. The zero-order valence-electron chi connectivity index (χ0n) is 11.1. The number of furan rings is 1. The van der Waals surface area contributed by atoms with Gasteiger partial charge in [-0.05, 0) is 29.8 Å². The summed E-state index contributed by atoms with van der Waals surface area (Å²) in [6.45, 7) is 6.92. The Hall–Kier alpha value is -0.670. The Morgan fingerprint density at radius 2 is 2.10 bits per heavy atom. The molecular weight excluding hydrogens is 317 g/mol. The summed E-state index contributed by atoms with van der Waals surface area (Å²) in [6, 6.07) is 7.78. The first-order valence-electron chi connectivity index (χ1n) is 6.37. The average molecular weight is 333 g/mol. The second-order valence-electron chi connectivity index (χ2n) is 4.63. The van der Waals surface area contributed by atoms with Crippen LogP contribution >= 0.6 is 34.8 Å². The second-order valence-corrected chi connectivity index (χ2v) is 7.14. The molecule has 0 amide bonds. The van der Waals surface area contributed by atoms with Crippen LogP contribution in [0.15, 0.2) is 41.5 Å². The van der Waals surface area contributed by atoms with E-state index in [1.165, 1.54) is 0 Å². The minimum atomic E-state index is -1.31. The Kier molecular flexibility index (Phi) is 5.03. The van der Waals surface area contributed by atoms with Crippen LogP contribution in [-0.4, -0.2) is 16.4 Å². The van der Waals surface area contributed by atoms with Crippen LogP contribution in [0.3, 0.4) is 0 Å². The third kappa shape index (κ3) is 3.92. The molecule has 0 aliphatic carbocycles. The summed E-state index contributed by atoms with van der Waals surface area (Å²) in [7, 11) is 0. The van der Waals surface area contributed by atoms with Gasteiger partial charge in [0.15, 0.2) is 3.79 Å². The van der Waals surface area contributed by atoms with Crippen molar-refractivity contribution in [3.63, 3.8) is 0 Å². The van der Waals surface area contributed by atoms with Gasteiger partial charge in [0.2, 0.25) is 0 Å². The van der Waals surface area contributed by atoms with Gasteiger partial charge in [0.1, 0.15) is 5.58 Å². The van der Waals surface area contributed by atoms with Crippen LogP contribution in [0, 0.1) is 0 Å². The zero-order valence-corrected chi connectivity index (χ0v) is 13.4. The highest BCUT2D eigenvalue weighted by Crippen LogP contribution is 2.35. The summed E-state index contributed by atoms with van der Waals surface area (Å²) < 4.78 is 4.09. The first-order chi connectivity index (χ1) is 9.40. The molecule has 0 aliphatic heterocycles. The molecule has 0 aliphatic rings. The number of nitrogens with one attached hydrogen (secondary N) is 1. The molecule has 1 aromatic carbocycles. The lowest BCUT2D eigenvalue weighted by atomic mass is 9.97. The number of hydrogen-bond acceptors (Lipinski definition) is 2. The lowest BCUT2D eigenvalue weighted by Crippen LogP contribution is -2.33.